The van der Waals surface area contributed by atoms with Gasteiger partial charge in [0, 0.05) is 22.2 Å². The van der Waals surface area contributed by atoms with Gasteiger partial charge in [0.2, 0.25) is 0 Å². The molecule has 4 nitrogen and oxygen atoms in total. The highest BCUT2D eigenvalue weighted by molar-refractivity contribution is 7.10. The maximum atomic E-state index is 11.9. The van der Waals surface area contributed by atoms with Crippen molar-refractivity contribution in [2.75, 3.05) is 6.61 Å². The fraction of sp³-hybridized carbons (Fsp3) is 0.267. The zero-order chi connectivity index (χ0) is 14.4. The number of amides is 1. The molecule has 104 valence electrons. The Balaban J connectivity index is 1.91. The number of aliphatic hydroxyl groups is 1. The third kappa shape index (κ3) is 3.73. The Morgan fingerprint density at radius 1 is 1.50 bits per heavy atom. The summed E-state index contributed by atoms with van der Waals surface area (Å²) in [5.74, 6) is 6.32. The molecule has 0 aliphatic heterocycles. The molecule has 0 fully saturated rings. The SMILES string of the molecule is CCc1ccc(C(=O)NCc2cc(C#CCO)cs2)o1. The summed E-state index contributed by atoms with van der Waals surface area (Å²) in [6, 6.07) is 5.39. The smallest absolute Gasteiger partial charge is 0.287 e. The van der Waals surface area contributed by atoms with Gasteiger partial charge in [-0.2, -0.15) is 0 Å². The van der Waals surface area contributed by atoms with Gasteiger partial charge in [0.05, 0.1) is 6.54 Å². The van der Waals surface area contributed by atoms with Gasteiger partial charge in [-0.3, -0.25) is 4.79 Å². The number of aryl methyl sites for hydroxylation is 1. The van der Waals surface area contributed by atoms with Crippen molar-refractivity contribution in [2.24, 2.45) is 0 Å². The zero-order valence-electron chi connectivity index (χ0n) is 11.1. The second-order valence-corrected chi connectivity index (χ2v) is 5.06. The molecule has 0 unspecified atom stereocenters. The lowest BCUT2D eigenvalue weighted by molar-refractivity contribution is 0.0922. The Morgan fingerprint density at radius 2 is 2.35 bits per heavy atom. The van der Waals surface area contributed by atoms with Crippen LogP contribution in [0.15, 0.2) is 28.0 Å². The summed E-state index contributed by atoms with van der Waals surface area (Å²) >= 11 is 1.52. The van der Waals surface area contributed by atoms with E-state index in [2.05, 4.69) is 17.2 Å². The molecule has 0 saturated heterocycles. The fourth-order valence-corrected chi connectivity index (χ4v) is 2.38. The Labute approximate surface area is 121 Å². The van der Waals surface area contributed by atoms with Crippen molar-refractivity contribution >= 4 is 17.2 Å². The molecule has 0 atom stereocenters. The molecule has 2 heterocycles. The van der Waals surface area contributed by atoms with Crippen LogP contribution in [-0.4, -0.2) is 17.6 Å². The third-order valence-electron chi connectivity index (χ3n) is 2.62. The lowest BCUT2D eigenvalue weighted by Gasteiger charge is -2.00. The molecule has 2 N–H and O–H groups in total. The van der Waals surface area contributed by atoms with Gasteiger partial charge in [0.25, 0.3) is 5.91 Å². The van der Waals surface area contributed by atoms with E-state index < -0.39 is 0 Å². The van der Waals surface area contributed by atoms with E-state index >= 15 is 0 Å². The largest absolute Gasteiger partial charge is 0.456 e. The predicted octanol–water partition coefficient (Wildman–Crippen LogP) is 2.18. The first-order valence-electron chi connectivity index (χ1n) is 6.27. The van der Waals surface area contributed by atoms with Gasteiger partial charge >= 0.3 is 0 Å². The second kappa shape index (κ2) is 6.94. The van der Waals surface area contributed by atoms with Crippen molar-refractivity contribution in [3.63, 3.8) is 0 Å². The summed E-state index contributed by atoms with van der Waals surface area (Å²) in [5, 5.41) is 13.3. The van der Waals surface area contributed by atoms with Crippen LogP contribution >= 0.6 is 11.3 Å². The van der Waals surface area contributed by atoms with Crippen LogP contribution < -0.4 is 5.32 Å². The first kappa shape index (κ1) is 14.4. The minimum atomic E-state index is -0.221. The fourth-order valence-electron chi connectivity index (χ4n) is 1.62. The van der Waals surface area contributed by atoms with Crippen molar-refractivity contribution in [3.05, 3.63) is 45.5 Å². The number of nitrogens with one attached hydrogen (secondary N) is 1. The molecule has 0 bridgehead atoms. The molecule has 0 aromatic carbocycles. The maximum Gasteiger partial charge on any atom is 0.287 e. The number of furan rings is 1. The Bertz CT molecular complexity index is 645. The van der Waals surface area contributed by atoms with Gasteiger partial charge in [-0.15, -0.1) is 11.3 Å². The van der Waals surface area contributed by atoms with Crippen LogP contribution in [0.2, 0.25) is 0 Å². The van der Waals surface area contributed by atoms with Gasteiger partial charge in [-0.05, 0) is 18.2 Å². The Hall–Kier alpha value is -2.03. The van der Waals surface area contributed by atoms with Crippen molar-refractivity contribution < 1.29 is 14.3 Å². The molecule has 5 heteroatoms. The van der Waals surface area contributed by atoms with Crippen LogP contribution in [0.25, 0.3) is 0 Å². The van der Waals surface area contributed by atoms with Crippen LogP contribution in [0.5, 0.6) is 0 Å². The van der Waals surface area contributed by atoms with Gasteiger partial charge in [-0.1, -0.05) is 18.8 Å². The predicted molar refractivity (Wildman–Crippen MR) is 77.5 cm³/mol. The zero-order valence-corrected chi connectivity index (χ0v) is 11.9. The van der Waals surface area contributed by atoms with Gasteiger partial charge in [0.1, 0.15) is 12.4 Å². The van der Waals surface area contributed by atoms with E-state index in [1.54, 1.807) is 6.07 Å². The van der Waals surface area contributed by atoms with Crippen molar-refractivity contribution in [1.82, 2.24) is 5.32 Å². The van der Waals surface area contributed by atoms with Gasteiger partial charge < -0.3 is 14.8 Å². The number of hydrogen-bond acceptors (Lipinski definition) is 4. The van der Waals surface area contributed by atoms with Crippen LogP contribution in [0.4, 0.5) is 0 Å². The van der Waals surface area contributed by atoms with E-state index in [-0.39, 0.29) is 12.5 Å². The number of carbonyl (C=O) groups excluding carboxylic acids is 1. The second-order valence-electron chi connectivity index (χ2n) is 4.06. The van der Waals surface area contributed by atoms with Gasteiger partial charge in [-0.25, -0.2) is 0 Å². The molecular weight excluding hydrogens is 274 g/mol. The van der Waals surface area contributed by atoms with E-state index in [1.807, 2.05) is 24.4 Å². The van der Waals surface area contributed by atoms with Crippen LogP contribution in [0.3, 0.4) is 0 Å². The van der Waals surface area contributed by atoms with Crippen LogP contribution in [0, 0.1) is 11.8 Å². The number of thiophene rings is 1. The maximum absolute atomic E-state index is 11.9. The minimum absolute atomic E-state index is 0.153. The number of carbonyl (C=O) groups is 1. The van der Waals surface area contributed by atoms with Crippen LogP contribution in [-0.2, 0) is 13.0 Å². The quantitative estimate of drug-likeness (QED) is 0.848. The van der Waals surface area contributed by atoms with E-state index in [0.717, 1.165) is 22.6 Å². The standard InChI is InChI=1S/C15H15NO3S/c1-2-12-5-6-14(19-12)15(18)16-9-13-8-11(10-20-13)4-3-7-17/h5-6,8,10,17H,2,7,9H2,1H3,(H,16,18). The van der Waals surface area contributed by atoms with Gasteiger partial charge in [0.15, 0.2) is 5.76 Å². The van der Waals surface area contributed by atoms with Crippen molar-refractivity contribution in [2.45, 2.75) is 19.9 Å². The summed E-state index contributed by atoms with van der Waals surface area (Å²) in [7, 11) is 0. The Morgan fingerprint density at radius 3 is 3.05 bits per heavy atom. The average molecular weight is 289 g/mol. The topological polar surface area (TPSA) is 62.5 Å². The normalized spacial score (nSPS) is 9.90. The summed E-state index contributed by atoms with van der Waals surface area (Å²) < 4.78 is 5.38. The summed E-state index contributed by atoms with van der Waals surface area (Å²) in [4.78, 5) is 12.9. The molecule has 2 aromatic rings. The van der Waals surface area contributed by atoms with Crippen molar-refractivity contribution in [3.8, 4) is 11.8 Å². The lowest BCUT2D eigenvalue weighted by atomic mass is 10.3. The first-order chi connectivity index (χ1) is 9.72. The van der Waals surface area contributed by atoms with E-state index in [0.29, 0.717) is 12.3 Å². The number of hydrogen-bond donors (Lipinski definition) is 2. The van der Waals surface area contributed by atoms with E-state index in [9.17, 15) is 4.79 Å². The third-order valence-corrected chi connectivity index (χ3v) is 3.56. The minimum Gasteiger partial charge on any atom is -0.456 e. The first-order valence-corrected chi connectivity index (χ1v) is 7.15. The lowest BCUT2D eigenvalue weighted by Crippen LogP contribution is -2.21. The highest BCUT2D eigenvalue weighted by atomic mass is 32.1. The molecular formula is C15H15NO3S. The summed E-state index contributed by atoms with van der Waals surface area (Å²) in [5.41, 5.74) is 0.847. The highest BCUT2D eigenvalue weighted by Gasteiger charge is 2.10. The number of rotatable bonds is 4. The summed E-state index contributed by atoms with van der Waals surface area (Å²) in [6.45, 7) is 2.26. The van der Waals surface area contributed by atoms with Crippen molar-refractivity contribution in [1.29, 1.82) is 0 Å². The molecule has 0 saturated carbocycles. The molecule has 0 aliphatic rings. The molecule has 20 heavy (non-hydrogen) atoms. The van der Waals surface area contributed by atoms with Crippen LogP contribution in [0.1, 0.15) is 33.7 Å². The average Bonchev–Trinajstić information content (AvgIpc) is 3.11. The summed E-state index contributed by atoms with van der Waals surface area (Å²) in [6.07, 6.45) is 0.769. The molecule has 0 spiro atoms. The molecule has 0 radical (unpaired) electrons. The number of aliphatic hydroxyl groups excluding tert-OH is 1. The molecule has 1 amide bonds. The van der Waals surface area contributed by atoms with E-state index in [1.165, 1.54) is 11.3 Å². The van der Waals surface area contributed by atoms with E-state index in [4.69, 9.17) is 9.52 Å². The molecule has 2 aromatic heterocycles. The highest BCUT2D eigenvalue weighted by Crippen LogP contribution is 2.14. The molecule has 0 aliphatic carbocycles. The molecule has 2 rings (SSSR count). The monoisotopic (exact) mass is 289 g/mol. The Kier molecular flexibility index (Phi) is 4.99.